The van der Waals surface area contributed by atoms with Crippen LogP contribution in [0.1, 0.15) is 19.5 Å². The molecule has 0 aliphatic heterocycles. The summed E-state index contributed by atoms with van der Waals surface area (Å²) in [6, 6.07) is 1.73. The molecule has 1 heterocycles. The minimum Gasteiger partial charge on any atom is -0.281 e. The first-order valence-electron chi connectivity index (χ1n) is 3.99. The lowest BCUT2D eigenvalue weighted by molar-refractivity contribution is 0.571. The smallest absolute Gasteiger partial charge is 0.214 e. The van der Waals surface area contributed by atoms with E-state index in [0.717, 1.165) is 5.69 Å². The van der Waals surface area contributed by atoms with Gasteiger partial charge in [0.05, 0.1) is 17.5 Å². The molecule has 0 radical (unpaired) electrons. The van der Waals surface area contributed by atoms with E-state index >= 15 is 0 Å². The van der Waals surface area contributed by atoms with E-state index in [1.54, 1.807) is 26.1 Å². The Hall–Kier alpha value is -0.880. The van der Waals surface area contributed by atoms with Crippen LogP contribution in [0.25, 0.3) is 0 Å². The SMILES string of the molecule is CC(C)S(=O)(=O)NCc1ccn[nH]1. The van der Waals surface area contributed by atoms with E-state index in [9.17, 15) is 8.42 Å². The Balaban J connectivity index is 2.53. The van der Waals surface area contributed by atoms with Gasteiger partial charge in [-0.05, 0) is 19.9 Å². The molecule has 0 spiro atoms. The van der Waals surface area contributed by atoms with Gasteiger partial charge in [0, 0.05) is 6.20 Å². The number of hydrogen-bond acceptors (Lipinski definition) is 3. The Morgan fingerprint density at radius 3 is 2.77 bits per heavy atom. The third-order valence-corrected chi connectivity index (χ3v) is 3.43. The molecule has 1 rings (SSSR count). The van der Waals surface area contributed by atoms with Crippen molar-refractivity contribution in [2.45, 2.75) is 25.6 Å². The number of sulfonamides is 1. The second-order valence-electron chi connectivity index (χ2n) is 3.00. The Kier molecular flexibility index (Phi) is 3.05. The van der Waals surface area contributed by atoms with E-state index in [-0.39, 0.29) is 6.54 Å². The number of aromatic amines is 1. The van der Waals surface area contributed by atoms with Gasteiger partial charge in [0.2, 0.25) is 10.0 Å². The molecule has 6 heteroatoms. The van der Waals surface area contributed by atoms with Crippen LogP contribution in [0.5, 0.6) is 0 Å². The maximum atomic E-state index is 11.3. The lowest BCUT2D eigenvalue weighted by atomic mass is 10.4. The summed E-state index contributed by atoms with van der Waals surface area (Å²) in [5.41, 5.74) is 0.754. The quantitative estimate of drug-likeness (QED) is 0.736. The van der Waals surface area contributed by atoms with Crippen LogP contribution in [-0.4, -0.2) is 23.9 Å². The molecule has 13 heavy (non-hydrogen) atoms. The molecule has 0 aliphatic carbocycles. The summed E-state index contributed by atoms with van der Waals surface area (Å²) in [7, 11) is -3.17. The zero-order chi connectivity index (χ0) is 9.90. The number of nitrogens with one attached hydrogen (secondary N) is 2. The maximum absolute atomic E-state index is 11.3. The Morgan fingerprint density at radius 1 is 1.62 bits per heavy atom. The molecule has 0 bridgehead atoms. The van der Waals surface area contributed by atoms with Crippen LogP contribution in [-0.2, 0) is 16.6 Å². The van der Waals surface area contributed by atoms with Gasteiger partial charge in [-0.1, -0.05) is 0 Å². The topological polar surface area (TPSA) is 74.8 Å². The van der Waals surface area contributed by atoms with Gasteiger partial charge in [0.1, 0.15) is 0 Å². The Labute approximate surface area is 77.6 Å². The standard InChI is InChI=1S/C7H13N3O2S/c1-6(2)13(11,12)9-5-7-3-4-8-10-7/h3-4,6,9H,5H2,1-2H3,(H,8,10). The van der Waals surface area contributed by atoms with Crippen LogP contribution in [0.3, 0.4) is 0 Å². The molecule has 0 atom stereocenters. The third kappa shape index (κ3) is 2.82. The minimum absolute atomic E-state index is 0.264. The molecule has 0 amide bonds. The summed E-state index contributed by atoms with van der Waals surface area (Å²) in [6.07, 6.45) is 1.58. The van der Waals surface area contributed by atoms with E-state index in [1.165, 1.54) is 0 Å². The summed E-state index contributed by atoms with van der Waals surface area (Å²) in [5, 5.41) is 5.97. The summed E-state index contributed by atoms with van der Waals surface area (Å²) in [6.45, 7) is 3.53. The number of rotatable bonds is 4. The van der Waals surface area contributed by atoms with Gasteiger partial charge in [0.15, 0.2) is 0 Å². The normalized spacial score (nSPS) is 12.2. The van der Waals surface area contributed by atoms with Crippen molar-refractivity contribution >= 4 is 10.0 Å². The molecular formula is C7H13N3O2S. The van der Waals surface area contributed by atoms with Crippen LogP contribution in [0.15, 0.2) is 12.3 Å². The largest absolute Gasteiger partial charge is 0.281 e. The number of nitrogens with zero attached hydrogens (tertiary/aromatic N) is 1. The highest BCUT2D eigenvalue weighted by Gasteiger charge is 2.14. The Morgan fingerprint density at radius 2 is 2.31 bits per heavy atom. The van der Waals surface area contributed by atoms with Gasteiger partial charge in [-0.3, -0.25) is 5.10 Å². The van der Waals surface area contributed by atoms with Crippen molar-refractivity contribution in [3.63, 3.8) is 0 Å². The number of aromatic nitrogens is 2. The predicted molar refractivity (Wildman–Crippen MR) is 49.5 cm³/mol. The minimum atomic E-state index is -3.17. The summed E-state index contributed by atoms with van der Waals surface area (Å²) >= 11 is 0. The van der Waals surface area contributed by atoms with Crippen LogP contribution in [0.4, 0.5) is 0 Å². The van der Waals surface area contributed by atoms with Crippen molar-refractivity contribution in [3.05, 3.63) is 18.0 Å². The average molecular weight is 203 g/mol. The molecule has 0 unspecified atom stereocenters. The monoisotopic (exact) mass is 203 g/mol. The van der Waals surface area contributed by atoms with Crippen molar-refractivity contribution in [2.75, 3.05) is 0 Å². The molecule has 0 aliphatic rings. The first kappa shape index (κ1) is 10.2. The van der Waals surface area contributed by atoms with E-state index in [4.69, 9.17) is 0 Å². The van der Waals surface area contributed by atoms with Crippen LogP contribution in [0.2, 0.25) is 0 Å². The number of H-pyrrole nitrogens is 1. The lowest BCUT2D eigenvalue weighted by Crippen LogP contribution is -2.30. The summed E-state index contributed by atoms with van der Waals surface area (Å²) in [4.78, 5) is 0. The first-order chi connectivity index (χ1) is 6.02. The fourth-order valence-corrected chi connectivity index (χ4v) is 1.42. The molecule has 0 saturated carbocycles. The van der Waals surface area contributed by atoms with Crippen molar-refractivity contribution in [3.8, 4) is 0 Å². The van der Waals surface area contributed by atoms with Crippen molar-refractivity contribution in [1.29, 1.82) is 0 Å². The van der Waals surface area contributed by atoms with Gasteiger partial charge >= 0.3 is 0 Å². The van der Waals surface area contributed by atoms with Gasteiger partial charge in [-0.2, -0.15) is 5.10 Å². The maximum Gasteiger partial charge on any atom is 0.214 e. The summed E-state index contributed by atoms with van der Waals surface area (Å²) < 4.78 is 25.0. The van der Waals surface area contributed by atoms with E-state index in [0.29, 0.717) is 0 Å². The third-order valence-electron chi connectivity index (χ3n) is 1.64. The molecule has 0 fully saturated rings. The van der Waals surface area contributed by atoms with Gasteiger partial charge in [-0.15, -0.1) is 0 Å². The zero-order valence-corrected chi connectivity index (χ0v) is 8.43. The molecule has 0 saturated heterocycles. The lowest BCUT2D eigenvalue weighted by Gasteiger charge is -2.07. The molecule has 1 aromatic heterocycles. The van der Waals surface area contributed by atoms with E-state index in [1.807, 2.05) is 0 Å². The van der Waals surface area contributed by atoms with Gasteiger partial charge in [0.25, 0.3) is 0 Å². The second kappa shape index (κ2) is 3.89. The second-order valence-corrected chi connectivity index (χ2v) is 5.32. The van der Waals surface area contributed by atoms with E-state index < -0.39 is 15.3 Å². The van der Waals surface area contributed by atoms with Crippen molar-refractivity contribution in [1.82, 2.24) is 14.9 Å². The highest BCUT2D eigenvalue weighted by atomic mass is 32.2. The molecule has 0 aromatic carbocycles. The molecule has 2 N–H and O–H groups in total. The molecular weight excluding hydrogens is 190 g/mol. The van der Waals surface area contributed by atoms with Crippen molar-refractivity contribution < 1.29 is 8.42 Å². The van der Waals surface area contributed by atoms with Gasteiger partial charge < -0.3 is 0 Å². The molecule has 5 nitrogen and oxygen atoms in total. The van der Waals surface area contributed by atoms with Crippen molar-refractivity contribution in [2.24, 2.45) is 0 Å². The van der Waals surface area contributed by atoms with E-state index in [2.05, 4.69) is 14.9 Å². The van der Waals surface area contributed by atoms with Crippen LogP contribution in [0, 0.1) is 0 Å². The zero-order valence-electron chi connectivity index (χ0n) is 7.61. The Bertz CT molecular complexity index is 342. The first-order valence-corrected chi connectivity index (χ1v) is 5.54. The molecule has 1 aromatic rings. The highest BCUT2D eigenvalue weighted by Crippen LogP contribution is 1.98. The average Bonchev–Trinajstić information content (AvgIpc) is 2.52. The number of hydrogen-bond donors (Lipinski definition) is 2. The predicted octanol–water partition coefficient (Wildman–Crippen LogP) is 0.237. The van der Waals surface area contributed by atoms with Crippen LogP contribution >= 0.6 is 0 Å². The summed E-state index contributed by atoms with van der Waals surface area (Å²) in [5.74, 6) is 0. The fourth-order valence-electron chi connectivity index (χ4n) is 0.728. The molecule has 74 valence electrons. The highest BCUT2D eigenvalue weighted by molar-refractivity contribution is 7.90. The fraction of sp³-hybridized carbons (Fsp3) is 0.571. The van der Waals surface area contributed by atoms with Gasteiger partial charge in [-0.25, -0.2) is 13.1 Å². The van der Waals surface area contributed by atoms with Crippen LogP contribution < -0.4 is 4.72 Å².